The molecule has 1 saturated heterocycles. The summed E-state index contributed by atoms with van der Waals surface area (Å²) >= 11 is 6.16. The van der Waals surface area contributed by atoms with Crippen molar-refractivity contribution in [2.75, 3.05) is 19.8 Å². The first-order valence-electron chi connectivity index (χ1n) is 11.3. The van der Waals surface area contributed by atoms with Crippen molar-refractivity contribution in [3.8, 4) is 0 Å². The van der Waals surface area contributed by atoms with Gasteiger partial charge in [0.1, 0.15) is 0 Å². The molecule has 0 unspecified atom stereocenters. The molecule has 0 aromatic carbocycles. The zero-order valence-corrected chi connectivity index (χ0v) is 18.1. The minimum Gasteiger partial charge on any atom is -0.381 e. The van der Waals surface area contributed by atoms with Crippen LogP contribution in [0.2, 0.25) is 5.02 Å². The van der Waals surface area contributed by atoms with E-state index in [1.54, 1.807) is 6.20 Å². The highest BCUT2D eigenvalue weighted by atomic mass is 35.5. The molecule has 1 aromatic rings. The Bertz CT molecular complexity index is 787. The van der Waals surface area contributed by atoms with Gasteiger partial charge in [-0.05, 0) is 55.6 Å². The van der Waals surface area contributed by atoms with Crippen LogP contribution in [0, 0.1) is 17.3 Å². The maximum absolute atomic E-state index is 13.8. The molecule has 158 valence electrons. The van der Waals surface area contributed by atoms with Crippen molar-refractivity contribution in [1.29, 1.82) is 0 Å². The quantitative estimate of drug-likeness (QED) is 0.816. The Morgan fingerprint density at radius 2 is 2.31 bits per heavy atom. The topological polar surface area (TPSA) is 54.5 Å². The van der Waals surface area contributed by atoms with Gasteiger partial charge in [-0.15, -0.1) is 0 Å². The van der Waals surface area contributed by atoms with Crippen molar-refractivity contribution >= 4 is 17.5 Å². The summed E-state index contributed by atoms with van der Waals surface area (Å²) in [6.45, 7) is 5.42. The monoisotopic (exact) mass is 417 g/mol. The first kappa shape index (κ1) is 19.8. The minimum absolute atomic E-state index is 0.157. The van der Waals surface area contributed by atoms with Crippen molar-refractivity contribution in [2.45, 2.75) is 70.5 Å². The van der Waals surface area contributed by atoms with Crippen LogP contribution >= 0.6 is 11.6 Å². The van der Waals surface area contributed by atoms with Crippen molar-refractivity contribution in [3.05, 3.63) is 28.5 Å². The fourth-order valence-corrected chi connectivity index (χ4v) is 6.62. The second kappa shape index (κ2) is 7.82. The van der Waals surface area contributed by atoms with Gasteiger partial charge < -0.3 is 15.0 Å². The number of nitrogens with one attached hydrogen (secondary N) is 1. The highest BCUT2D eigenvalue weighted by Gasteiger charge is 2.56. The molecule has 6 heteroatoms. The lowest BCUT2D eigenvalue weighted by molar-refractivity contribution is -0.144. The predicted octanol–water partition coefficient (Wildman–Crippen LogP) is 3.58. The molecule has 2 aliphatic heterocycles. The summed E-state index contributed by atoms with van der Waals surface area (Å²) in [6, 6.07) is 2.97. The van der Waals surface area contributed by atoms with Gasteiger partial charge in [-0.2, -0.15) is 0 Å². The van der Waals surface area contributed by atoms with Gasteiger partial charge >= 0.3 is 0 Å². The number of carbonyl (C=O) groups excluding carboxylic acids is 1. The minimum atomic E-state index is -0.157. The van der Waals surface area contributed by atoms with Crippen LogP contribution in [-0.2, 0) is 22.5 Å². The molecule has 5 atom stereocenters. The molecule has 29 heavy (non-hydrogen) atoms. The highest BCUT2D eigenvalue weighted by Crippen LogP contribution is 2.55. The molecule has 3 fully saturated rings. The molecule has 0 bridgehead atoms. The molecule has 5 rings (SSSR count). The third-order valence-corrected chi connectivity index (χ3v) is 8.15. The van der Waals surface area contributed by atoms with Crippen LogP contribution in [0.4, 0.5) is 0 Å². The van der Waals surface area contributed by atoms with Gasteiger partial charge in [0.15, 0.2) is 0 Å². The SMILES string of the molecule is C[C@@H]1COCC[C@@H]1N[C@@H]1C[C@H]2CCC[C@@]2(C(=O)N2CCc3ncc(Cl)cc3C2)C1. The van der Waals surface area contributed by atoms with E-state index >= 15 is 0 Å². The zero-order valence-electron chi connectivity index (χ0n) is 17.3. The number of fused-ring (bicyclic) bond motifs is 2. The van der Waals surface area contributed by atoms with Crippen LogP contribution in [0.15, 0.2) is 12.3 Å². The molecule has 1 N–H and O–H groups in total. The number of halogens is 1. The second-order valence-electron chi connectivity index (χ2n) is 9.73. The van der Waals surface area contributed by atoms with E-state index in [9.17, 15) is 4.79 Å². The molecule has 0 spiro atoms. The Morgan fingerprint density at radius 1 is 1.41 bits per heavy atom. The summed E-state index contributed by atoms with van der Waals surface area (Å²) in [4.78, 5) is 20.4. The molecule has 0 radical (unpaired) electrons. The lowest BCUT2D eigenvalue weighted by Gasteiger charge is -2.37. The standard InChI is InChI=1S/C23H32ClN3O2/c1-15-14-29-8-5-20(15)26-19-10-17-3-2-6-23(17,11-19)22(28)27-7-4-21-16(13-27)9-18(24)12-25-21/h9,12,15,17,19-20,26H,2-8,10-11,13-14H2,1H3/t15-,17-,19-,20+,23-/m1/s1. The largest absolute Gasteiger partial charge is 0.381 e. The van der Waals surface area contributed by atoms with Crippen molar-refractivity contribution in [3.63, 3.8) is 0 Å². The molecule has 4 aliphatic rings. The molecule has 3 heterocycles. The Kier molecular flexibility index (Phi) is 5.34. The summed E-state index contributed by atoms with van der Waals surface area (Å²) in [6.07, 6.45) is 9.22. The number of pyridine rings is 1. The molecule has 1 amide bonds. The Balaban J connectivity index is 1.30. The summed E-state index contributed by atoms with van der Waals surface area (Å²) in [5, 5.41) is 4.58. The number of nitrogens with zero attached hydrogens (tertiary/aromatic N) is 2. The fourth-order valence-electron chi connectivity index (χ4n) is 6.43. The van der Waals surface area contributed by atoms with E-state index in [1.165, 1.54) is 12.8 Å². The highest BCUT2D eigenvalue weighted by molar-refractivity contribution is 6.30. The van der Waals surface area contributed by atoms with E-state index < -0.39 is 0 Å². The third kappa shape index (κ3) is 3.60. The van der Waals surface area contributed by atoms with Gasteiger partial charge in [-0.25, -0.2) is 0 Å². The lowest BCUT2D eigenvalue weighted by Crippen LogP contribution is -2.48. The predicted molar refractivity (Wildman–Crippen MR) is 113 cm³/mol. The molecular formula is C23H32ClN3O2. The zero-order chi connectivity index (χ0) is 20.0. The van der Waals surface area contributed by atoms with Crippen LogP contribution in [0.3, 0.4) is 0 Å². The van der Waals surface area contributed by atoms with Crippen LogP contribution < -0.4 is 5.32 Å². The summed E-state index contributed by atoms with van der Waals surface area (Å²) < 4.78 is 5.61. The van der Waals surface area contributed by atoms with E-state index in [1.807, 2.05) is 6.07 Å². The van der Waals surface area contributed by atoms with E-state index in [2.05, 4.69) is 22.1 Å². The molecule has 1 aromatic heterocycles. The van der Waals surface area contributed by atoms with Gasteiger partial charge in [0.2, 0.25) is 5.91 Å². The number of rotatable bonds is 3. The number of aromatic nitrogens is 1. The number of carbonyl (C=O) groups is 1. The van der Waals surface area contributed by atoms with Gasteiger partial charge in [0.25, 0.3) is 0 Å². The molecule has 2 saturated carbocycles. The van der Waals surface area contributed by atoms with E-state index in [4.69, 9.17) is 16.3 Å². The van der Waals surface area contributed by atoms with Crippen molar-refractivity contribution in [2.24, 2.45) is 17.3 Å². The van der Waals surface area contributed by atoms with E-state index in [0.29, 0.717) is 41.4 Å². The summed E-state index contributed by atoms with van der Waals surface area (Å²) in [5.41, 5.74) is 2.06. The third-order valence-electron chi connectivity index (χ3n) is 7.95. The van der Waals surface area contributed by atoms with Crippen molar-refractivity contribution < 1.29 is 9.53 Å². The second-order valence-corrected chi connectivity index (χ2v) is 10.2. The van der Waals surface area contributed by atoms with E-state index in [0.717, 1.165) is 63.1 Å². The number of hydrogen-bond donors (Lipinski definition) is 1. The van der Waals surface area contributed by atoms with Gasteiger partial charge in [-0.1, -0.05) is 24.9 Å². The van der Waals surface area contributed by atoms with Crippen LogP contribution in [0.5, 0.6) is 0 Å². The maximum atomic E-state index is 13.8. The van der Waals surface area contributed by atoms with Gasteiger partial charge in [0, 0.05) is 50.1 Å². The number of ether oxygens (including phenoxy) is 1. The summed E-state index contributed by atoms with van der Waals surface area (Å²) in [5.74, 6) is 1.46. The van der Waals surface area contributed by atoms with Crippen LogP contribution in [-0.4, -0.2) is 47.6 Å². The Morgan fingerprint density at radius 3 is 3.17 bits per heavy atom. The average molecular weight is 418 g/mol. The fraction of sp³-hybridized carbons (Fsp3) is 0.739. The molecular weight excluding hydrogens is 386 g/mol. The number of amides is 1. The normalized spacial score (nSPS) is 36.7. The van der Waals surface area contributed by atoms with Crippen LogP contribution in [0.1, 0.15) is 56.7 Å². The molecule has 5 nitrogen and oxygen atoms in total. The van der Waals surface area contributed by atoms with E-state index in [-0.39, 0.29) is 5.41 Å². The lowest BCUT2D eigenvalue weighted by atomic mass is 9.78. The summed E-state index contributed by atoms with van der Waals surface area (Å²) in [7, 11) is 0. The van der Waals surface area contributed by atoms with Crippen molar-refractivity contribution in [1.82, 2.24) is 15.2 Å². The molecule has 2 aliphatic carbocycles. The maximum Gasteiger partial charge on any atom is 0.229 e. The van der Waals surface area contributed by atoms with Crippen LogP contribution in [0.25, 0.3) is 0 Å². The Labute approximate surface area is 178 Å². The van der Waals surface area contributed by atoms with Gasteiger partial charge in [-0.3, -0.25) is 9.78 Å². The van der Waals surface area contributed by atoms with Gasteiger partial charge in [0.05, 0.1) is 17.0 Å². The smallest absolute Gasteiger partial charge is 0.229 e. The average Bonchev–Trinajstić information content (AvgIpc) is 3.26. The first-order valence-corrected chi connectivity index (χ1v) is 11.7. The first-order chi connectivity index (χ1) is 14.0. The number of hydrogen-bond acceptors (Lipinski definition) is 4. The Hall–Kier alpha value is -1.17.